The summed E-state index contributed by atoms with van der Waals surface area (Å²) in [7, 11) is 0. The Labute approximate surface area is 66.0 Å². The molecule has 0 radical (unpaired) electrons. The van der Waals surface area contributed by atoms with Crippen molar-refractivity contribution in [3.8, 4) is 0 Å². The Morgan fingerprint density at radius 3 is 2.55 bits per heavy atom. The van der Waals surface area contributed by atoms with Gasteiger partial charge in [-0.05, 0) is 26.4 Å². The van der Waals surface area contributed by atoms with E-state index >= 15 is 0 Å². The summed E-state index contributed by atoms with van der Waals surface area (Å²) in [6.07, 6.45) is 1.16. The van der Waals surface area contributed by atoms with Gasteiger partial charge in [0.1, 0.15) is 5.54 Å². The third-order valence-corrected chi connectivity index (χ3v) is 1.99. The monoisotopic (exact) mass is 158 g/mol. The molecule has 1 aliphatic heterocycles. The number of aliphatic carboxylic acids is 1. The van der Waals surface area contributed by atoms with Gasteiger partial charge in [0.25, 0.3) is 0 Å². The van der Waals surface area contributed by atoms with Crippen LogP contribution in [0.5, 0.6) is 0 Å². The van der Waals surface area contributed by atoms with Crippen LogP contribution in [0.3, 0.4) is 0 Å². The number of nitrogens with zero attached hydrogens (tertiary/aromatic N) is 1. The third kappa shape index (κ3) is 1.91. The topological polar surface area (TPSA) is 66.6 Å². The molecule has 0 bridgehead atoms. The van der Waals surface area contributed by atoms with Crippen LogP contribution in [0.25, 0.3) is 0 Å². The Morgan fingerprint density at radius 1 is 1.73 bits per heavy atom. The van der Waals surface area contributed by atoms with E-state index in [0.29, 0.717) is 6.54 Å². The molecule has 0 amide bonds. The number of nitrogens with two attached hydrogens (primary N) is 1. The van der Waals surface area contributed by atoms with E-state index in [9.17, 15) is 4.79 Å². The van der Waals surface area contributed by atoms with Crippen molar-refractivity contribution in [1.82, 2.24) is 4.90 Å². The van der Waals surface area contributed by atoms with Crippen LogP contribution in [0.2, 0.25) is 0 Å². The molecular formula is C7H14N2O2. The maximum atomic E-state index is 10.5. The second kappa shape index (κ2) is 2.79. The fraction of sp³-hybridized carbons (Fsp3) is 0.857. The number of rotatable bonds is 3. The lowest BCUT2D eigenvalue weighted by molar-refractivity contribution is -0.143. The van der Waals surface area contributed by atoms with E-state index in [0.717, 1.165) is 19.5 Å². The normalized spacial score (nSPS) is 23.8. The van der Waals surface area contributed by atoms with Gasteiger partial charge in [0, 0.05) is 6.54 Å². The summed E-state index contributed by atoms with van der Waals surface area (Å²) >= 11 is 0. The van der Waals surface area contributed by atoms with E-state index in [-0.39, 0.29) is 0 Å². The fourth-order valence-corrected chi connectivity index (χ4v) is 1.07. The number of hydrogen-bond acceptors (Lipinski definition) is 3. The largest absolute Gasteiger partial charge is 0.480 e. The van der Waals surface area contributed by atoms with Gasteiger partial charge < -0.3 is 15.7 Å². The number of carboxylic acids is 1. The molecule has 1 aliphatic rings. The second-order valence-corrected chi connectivity index (χ2v) is 3.35. The van der Waals surface area contributed by atoms with Gasteiger partial charge in [-0.1, -0.05) is 0 Å². The molecule has 0 aromatic rings. The Hall–Kier alpha value is -0.610. The van der Waals surface area contributed by atoms with Crippen molar-refractivity contribution in [1.29, 1.82) is 0 Å². The Kier molecular flexibility index (Phi) is 2.15. The molecule has 0 aromatic carbocycles. The van der Waals surface area contributed by atoms with Crippen LogP contribution in [0.1, 0.15) is 13.3 Å². The van der Waals surface area contributed by atoms with E-state index in [1.54, 1.807) is 6.92 Å². The lowest BCUT2D eigenvalue weighted by atomic mass is 10.0. The average Bonchev–Trinajstić information content (AvgIpc) is 1.79. The van der Waals surface area contributed by atoms with Crippen LogP contribution in [0.15, 0.2) is 0 Å². The van der Waals surface area contributed by atoms with E-state index < -0.39 is 11.5 Å². The van der Waals surface area contributed by atoms with Gasteiger partial charge in [0.15, 0.2) is 0 Å². The van der Waals surface area contributed by atoms with Crippen LogP contribution in [0, 0.1) is 0 Å². The highest BCUT2D eigenvalue weighted by molar-refractivity contribution is 5.78. The molecule has 3 N–H and O–H groups in total. The Bertz CT molecular complexity index is 164. The van der Waals surface area contributed by atoms with Gasteiger partial charge in [-0.15, -0.1) is 0 Å². The highest BCUT2D eigenvalue weighted by Gasteiger charge is 2.32. The zero-order valence-corrected chi connectivity index (χ0v) is 6.71. The first-order valence-corrected chi connectivity index (χ1v) is 3.77. The summed E-state index contributed by atoms with van der Waals surface area (Å²) in [5, 5.41) is 8.66. The lowest BCUT2D eigenvalue weighted by Crippen LogP contribution is -2.56. The molecule has 1 fully saturated rings. The minimum absolute atomic E-state index is 0.461. The van der Waals surface area contributed by atoms with Gasteiger partial charge in [-0.3, -0.25) is 4.79 Å². The van der Waals surface area contributed by atoms with Crippen molar-refractivity contribution in [2.45, 2.75) is 18.9 Å². The van der Waals surface area contributed by atoms with Crippen LogP contribution >= 0.6 is 0 Å². The Balaban J connectivity index is 2.38. The van der Waals surface area contributed by atoms with Crippen molar-refractivity contribution >= 4 is 5.97 Å². The van der Waals surface area contributed by atoms with Crippen LogP contribution in [0.4, 0.5) is 0 Å². The first-order chi connectivity index (χ1) is 5.02. The molecule has 4 heteroatoms. The Morgan fingerprint density at radius 2 is 2.27 bits per heavy atom. The molecule has 0 saturated carbocycles. The summed E-state index contributed by atoms with van der Waals surface area (Å²) in [4.78, 5) is 12.6. The zero-order chi connectivity index (χ0) is 8.48. The maximum absolute atomic E-state index is 10.5. The summed E-state index contributed by atoms with van der Waals surface area (Å²) in [5.41, 5.74) is 4.45. The van der Waals surface area contributed by atoms with Crippen molar-refractivity contribution in [3.05, 3.63) is 0 Å². The molecule has 64 valence electrons. The summed E-state index contributed by atoms with van der Waals surface area (Å²) in [5.74, 6) is -0.926. The number of hydrogen-bond donors (Lipinski definition) is 2. The summed E-state index contributed by atoms with van der Waals surface area (Å²) in [6, 6.07) is 0. The van der Waals surface area contributed by atoms with E-state index in [2.05, 4.69) is 0 Å². The number of carboxylic acid groups (broad SMARTS) is 1. The third-order valence-electron chi connectivity index (χ3n) is 1.99. The maximum Gasteiger partial charge on any atom is 0.324 e. The molecule has 1 rings (SSSR count). The van der Waals surface area contributed by atoms with Gasteiger partial charge in [-0.25, -0.2) is 0 Å². The van der Waals surface area contributed by atoms with Crippen LogP contribution < -0.4 is 5.73 Å². The molecule has 0 spiro atoms. The van der Waals surface area contributed by atoms with Crippen molar-refractivity contribution < 1.29 is 9.90 Å². The lowest BCUT2D eigenvalue weighted by Gasteiger charge is -2.35. The van der Waals surface area contributed by atoms with Gasteiger partial charge in [0.05, 0.1) is 0 Å². The molecule has 11 heavy (non-hydrogen) atoms. The molecule has 1 saturated heterocycles. The zero-order valence-electron chi connectivity index (χ0n) is 6.71. The van der Waals surface area contributed by atoms with E-state index in [4.69, 9.17) is 10.8 Å². The molecule has 0 aliphatic carbocycles. The predicted molar refractivity (Wildman–Crippen MR) is 41.3 cm³/mol. The molecule has 1 atom stereocenters. The number of likely N-dealkylation sites (tertiary alicyclic amines) is 1. The highest BCUT2D eigenvalue weighted by Crippen LogP contribution is 2.10. The van der Waals surface area contributed by atoms with Crippen molar-refractivity contribution in [2.75, 3.05) is 19.6 Å². The minimum Gasteiger partial charge on any atom is -0.480 e. The molecular weight excluding hydrogens is 144 g/mol. The van der Waals surface area contributed by atoms with Gasteiger partial charge in [-0.2, -0.15) is 0 Å². The fourth-order valence-electron chi connectivity index (χ4n) is 1.07. The first-order valence-electron chi connectivity index (χ1n) is 3.77. The predicted octanol–water partition coefficient (Wildman–Crippen LogP) is -0.506. The minimum atomic E-state index is -1.08. The molecule has 1 unspecified atom stereocenters. The van der Waals surface area contributed by atoms with Gasteiger partial charge >= 0.3 is 5.97 Å². The quantitative estimate of drug-likeness (QED) is 0.580. The standard InChI is InChI=1S/C7H14N2O2/c1-7(8,6(10)11)5-9-3-2-4-9/h2-5,8H2,1H3,(H,10,11). The van der Waals surface area contributed by atoms with E-state index in [1.807, 2.05) is 4.90 Å². The SMILES string of the molecule is CC(N)(CN1CCC1)C(=O)O. The van der Waals surface area contributed by atoms with E-state index in [1.165, 1.54) is 0 Å². The molecule has 1 heterocycles. The van der Waals surface area contributed by atoms with Crippen LogP contribution in [-0.4, -0.2) is 41.1 Å². The number of carbonyl (C=O) groups is 1. The summed E-state index contributed by atoms with van der Waals surface area (Å²) in [6.45, 7) is 3.98. The van der Waals surface area contributed by atoms with Crippen molar-refractivity contribution in [2.24, 2.45) is 5.73 Å². The highest BCUT2D eigenvalue weighted by atomic mass is 16.4. The van der Waals surface area contributed by atoms with Crippen LogP contribution in [-0.2, 0) is 4.79 Å². The first kappa shape index (κ1) is 8.49. The molecule has 4 nitrogen and oxygen atoms in total. The average molecular weight is 158 g/mol. The van der Waals surface area contributed by atoms with Crippen molar-refractivity contribution in [3.63, 3.8) is 0 Å². The second-order valence-electron chi connectivity index (χ2n) is 3.35. The molecule has 0 aromatic heterocycles. The van der Waals surface area contributed by atoms with Gasteiger partial charge in [0.2, 0.25) is 0 Å². The summed E-state index contributed by atoms with van der Waals surface area (Å²) < 4.78 is 0. The smallest absolute Gasteiger partial charge is 0.324 e.